The highest BCUT2D eigenvalue weighted by Gasteiger charge is 2.45. The number of rotatable bonds is 7. The highest BCUT2D eigenvalue weighted by Crippen LogP contribution is 2.42. The van der Waals surface area contributed by atoms with Gasteiger partial charge >= 0.3 is 12.1 Å². The van der Waals surface area contributed by atoms with Gasteiger partial charge in [0.25, 0.3) is 5.56 Å². The van der Waals surface area contributed by atoms with E-state index < -0.39 is 35.0 Å². The van der Waals surface area contributed by atoms with Crippen molar-refractivity contribution in [2.24, 2.45) is 4.99 Å². The van der Waals surface area contributed by atoms with Gasteiger partial charge in [-0.3, -0.25) is 9.36 Å². The standard InChI is InChI=1S/C27H23F3N2O8S/c1-5-38-25(34)20-21(14-6-7-15-16(11-14)40-12-39-15)32-24(33)19(41-26(32)31-23(20)27(28,29)30)10-13-8-17(35-2)22(37-4)18(9-13)36-3/h6-11,21H,5,12H2,1-4H3/t21-/m0/s1. The van der Waals surface area contributed by atoms with E-state index in [0.717, 1.165) is 15.9 Å². The van der Waals surface area contributed by atoms with Gasteiger partial charge < -0.3 is 28.4 Å². The Morgan fingerprint density at radius 2 is 1.78 bits per heavy atom. The molecule has 0 radical (unpaired) electrons. The maximum atomic E-state index is 14.4. The lowest BCUT2D eigenvalue weighted by atomic mass is 9.95. The molecule has 216 valence electrons. The summed E-state index contributed by atoms with van der Waals surface area (Å²) in [6.45, 7) is 1.20. The Morgan fingerprint density at radius 3 is 2.39 bits per heavy atom. The number of halogens is 3. The van der Waals surface area contributed by atoms with Gasteiger partial charge in [-0.25, -0.2) is 9.79 Å². The minimum atomic E-state index is -5.03. The molecular weight excluding hydrogens is 569 g/mol. The number of hydrogen-bond donors (Lipinski definition) is 0. The minimum Gasteiger partial charge on any atom is -0.493 e. The SMILES string of the molecule is CCOC(=O)C1=C(C(F)(F)F)N=c2sc(=Cc3cc(OC)c(OC)c(OC)c3)c(=O)n2[C@H]1c1ccc2c(c1)OCO2. The van der Waals surface area contributed by atoms with Crippen LogP contribution in [0.1, 0.15) is 24.1 Å². The monoisotopic (exact) mass is 592 g/mol. The van der Waals surface area contributed by atoms with E-state index in [1.807, 2.05) is 0 Å². The molecule has 2 aliphatic heterocycles. The lowest BCUT2D eigenvalue weighted by molar-refractivity contribution is -0.140. The lowest BCUT2D eigenvalue weighted by Gasteiger charge is -2.26. The van der Waals surface area contributed by atoms with Crippen molar-refractivity contribution in [2.75, 3.05) is 34.7 Å². The molecule has 1 atom stereocenters. The molecule has 41 heavy (non-hydrogen) atoms. The number of ether oxygens (including phenoxy) is 6. The summed E-state index contributed by atoms with van der Waals surface area (Å²) in [6.07, 6.45) is -3.56. The van der Waals surface area contributed by atoms with Crippen LogP contribution in [0.3, 0.4) is 0 Å². The van der Waals surface area contributed by atoms with Gasteiger partial charge in [-0.2, -0.15) is 13.2 Å². The molecule has 5 rings (SSSR count). The second-order valence-electron chi connectivity index (χ2n) is 8.63. The van der Waals surface area contributed by atoms with E-state index in [4.69, 9.17) is 28.4 Å². The van der Waals surface area contributed by atoms with Crippen molar-refractivity contribution in [3.05, 3.63) is 72.4 Å². The van der Waals surface area contributed by atoms with E-state index in [1.54, 1.807) is 12.1 Å². The highest BCUT2D eigenvalue weighted by molar-refractivity contribution is 7.07. The Hall–Kier alpha value is -4.46. The van der Waals surface area contributed by atoms with Gasteiger partial charge in [0, 0.05) is 0 Å². The molecule has 0 amide bonds. The zero-order valence-corrected chi connectivity index (χ0v) is 23.0. The molecule has 2 aliphatic rings. The number of hydrogen-bond acceptors (Lipinski definition) is 10. The summed E-state index contributed by atoms with van der Waals surface area (Å²) in [4.78, 5) is 30.4. The Balaban J connectivity index is 1.79. The van der Waals surface area contributed by atoms with Crippen LogP contribution >= 0.6 is 11.3 Å². The molecule has 2 aromatic carbocycles. The molecule has 0 fully saturated rings. The molecule has 0 N–H and O–H groups in total. The van der Waals surface area contributed by atoms with Crippen LogP contribution in [-0.4, -0.2) is 51.4 Å². The van der Waals surface area contributed by atoms with Gasteiger partial charge in [-0.05, 0) is 48.4 Å². The van der Waals surface area contributed by atoms with Crippen molar-refractivity contribution < 1.29 is 46.4 Å². The Morgan fingerprint density at radius 1 is 1.10 bits per heavy atom. The predicted molar refractivity (Wildman–Crippen MR) is 139 cm³/mol. The zero-order valence-electron chi connectivity index (χ0n) is 22.2. The number of nitrogens with zero attached hydrogens (tertiary/aromatic N) is 2. The number of aromatic nitrogens is 1. The fourth-order valence-corrected chi connectivity index (χ4v) is 5.58. The zero-order chi connectivity index (χ0) is 29.5. The van der Waals surface area contributed by atoms with Crippen molar-refractivity contribution in [3.63, 3.8) is 0 Å². The lowest BCUT2D eigenvalue weighted by Crippen LogP contribution is -2.41. The molecule has 0 aliphatic carbocycles. The molecule has 10 nitrogen and oxygen atoms in total. The van der Waals surface area contributed by atoms with E-state index in [2.05, 4.69) is 4.99 Å². The third kappa shape index (κ3) is 4.99. The van der Waals surface area contributed by atoms with Crippen LogP contribution in [0.2, 0.25) is 0 Å². The van der Waals surface area contributed by atoms with Gasteiger partial charge in [0.15, 0.2) is 33.5 Å². The molecule has 1 aromatic heterocycles. The number of esters is 1. The number of benzene rings is 2. The number of allylic oxidation sites excluding steroid dienone is 1. The quantitative estimate of drug-likeness (QED) is 0.386. The van der Waals surface area contributed by atoms with Crippen LogP contribution in [0.25, 0.3) is 6.08 Å². The smallest absolute Gasteiger partial charge is 0.434 e. The first-order valence-electron chi connectivity index (χ1n) is 12.1. The Kier molecular flexibility index (Phi) is 7.43. The third-order valence-corrected chi connectivity index (χ3v) is 7.28. The number of carbonyl (C=O) groups is 1. The Labute approximate surface area is 234 Å². The highest BCUT2D eigenvalue weighted by atomic mass is 32.1. The molecular formula is C27H23F3N2O8S. The minimum absolute atomic E-state index is 0.0513. The maximum Gasteiger partial charge on any atom is 0.434 e. The van der Waals surface area contributed by atoms with E-state index in [9.17, 15) is 22.8 Å². The average Bonchev–Trinajstić information content (AvgIpc) is 3.54. The molecule has 0 spiro atoms. The second-order valence-corrected chi connectivity index (χ2v) is 9.64. The summed E-state index contributed by atoms with van der Waals surface area (Å²) in [7, 11) is 4.29. The second kappa shape index (κ2) is 10.8. The molecule has 3 heterocycles. The largest absolute Gasteiger partial charge is 0.493 e. The van der Waals surface area contributed by atoms with Crippen molar-refractivity contribution >= 4 is 23.4 Å². The first kappa shape index (κ1) is 28.1. The van der Waals surface area contributed by atoms with Crippen LogP contribution < -0.4 is 38.6 Å². The van der Waals surface area contributed by atoms with Gasteiger partial charge in [0.2, 0.25) is 12.5 Å². The van der Waals surface area contributed by atoms with Gasteiger partial charge in [-0.15, -0.1) is 0 Å². The predicted octanol–water partition coefficient (Wildman–Crippen LogP) is 3.10. The van der Waals surface area contributed by atoms with Crippen molar-refractivity contribution in [2.45, 2.75) is 19.1 Å². The van der Waals surface area contributed by atoms with Crippen LogP contribution in [0, 0.1) is 0 Å². The summed E-state index contributed by atoms with van der Waals surface area (Å²) in [6, 6.07) is 6.05. The van der Waals surface area contributed by atoms with Crippen molar-refractivity contribution in [1.82, 2.24) is 4.57 Å². The van der Waals surface area contributed by atoms with E-state index in [0.29, 0.717) is 28.6 Å². The summed E-state index contributed by atoms with van der Waals surface area (Å²) >= 11 is 0.738. The Bertz CT molecular complexity index is 1720. The number of fused-ring (bicyclic) bond motifs is 2. The van der Waals surface area contributed by atoms with Gasteiger partial charge in [0.1, 0.15) is 0 Å². The van der Waals surface area contributed by atoms with E-state index in [1.165, 1.54) is 52.5 Å². The maximum absolute atomic E-state index is 14.4. The van der Waals surface area contributed by atoms with E-state index >= 15 is 0 Å². The summed E-state index contributed by atoms with van der Waals surface area (Å²) in [5.74, 6) is 0.341. The molecule has 0 unspecified atom stereocenters. The molecule has 0 saturated heterocycles. The summed E-state index contributed by atoms with van der Waals surface area (Å²) in [5.41, 5.74) is -2.31. The number of thiazole rings is 1. The number of methoxy groups -OCH3 is 3. The average molecular weight is 593 g/mol. The summed E-state index contributed by atoms with van der Waals surface area (Å²) < 4.78 is 76.0. The normalized spacial score (nSPS) is 16.3. The fourth-order valence-electron chi connectivity index (χ4n) is 4.58. The number of carbonyl (C=O) groups excluding carboxylic acids is 1. The topological polar surface area (TPSA) is 107 Å². The fraction of sp³-hybridized carbons (Fsp3) is 0.296. The van der Waals surface area contributed by atoms with Crippen LogP contribution in [0.15, 0.2) is 51.4 Å². The van der Waals surface area contributed by atoms with Gasteiger partial charge in [0.05, 0.1) is 44.1 Å². The molecule has 0 bridgehead atoms. The molecule has 0 saturated carbocycles. The number of alkyl halides is 3. The van der Waals surface area contributed by atoms with Crippen molar-refractivity contribution in [3.8, 4) is 28.7 Å². The van der Waals surface area contributed by atoms with E-state index in [-0.39, 0.29) is 34.0 Å². The first-order chi connectivity index (χ1) is 19.6. The third-order valence-electron chi connectivity index (χ3n) is 6.29. The first-order valence-corrected chi connectivity index (χ1v) is 12.9. The van der Waals surface area contributed by atoms with Crippen molar-refractivity contribution in [1.29, 1.82) is 0 Å². The molecule has 14 heteroatoms. The van der Waals surface area contributed by atoms with Crippen LogP contribution in [0.4, 0.5) is 13.2 Å². The van der Waals surface area contributed by atoms with Gasteiger partial charge in [-0.1, -0.05) is 17.4 Å². The van der Waals surface area contributed by atoms with Crippen LogP contribution in [0.5, 0.6) is 28.7 Å². The van der Waals surface area contributed by atoms with Crippen LogP contribution in [-0.2, 0) is 9.53 Å². The molecule has 3 aromatic rings. The summed E-state index contributed by atoms with van der Waals surface area (Å²) in [5, 5.41) is 0.